The molecule has 3 rings (SSSR count). The molecule has 0 unspecified atom stereocenters. The Kier molecular flexibility index (Phi) is 3.70. The molecule has 4 nitrogen and oxygen atoms in total. The summed E-state index contributed by atoms with van der Waals surface area (Å²) in [6, 6.07) is 7.91. The van der Waals surface area contributed by atoms with Gasteiger partial charge >= 0.3 is 0 Å². The molecular weight excluding hydrogens is 238 g/mol. The highest BCUT2D eigenvalue weighted by atomic mass is 16.5. The predicted molar refractivity (Wildman–Crippen MR) is 74.0 cm³/mol. The molecule has 0 aromatic carbocycles. The minimum Gasteiger partial charge on any atom is -0.474 e. The molecule has 0 radical (unpaired) electrons. The lowest BCUT2D eigenvalue weighted by Crippen LogP contribution is -2.34. The van der Waals surface area contributed by atoms with Crippen molar-refractivity contribution in [3.63, 3.8) is 0 Å². The van der Waals surface area contributed by atoms with Crippen molar-refractivity contribution in [2.45, 2.75) is 18.9 Å². The van der Waals surface area contributed by atoms with Crippen molar-refractivity contribution in [1.82, 2.24) is 15.3 Å². The second-order valence-corrected chi connectivity index (χ2v) is 4.67. The van der Waals surface area contributed by atoms with Gasteiger partial charge in [0.1, 0.15) is 6.10 Å². The van der Waals surface area contributed by atoms with Crippen molar-refractivity contribution in [1.29, 1.82) is 0 Å². The fourth-order valence-electron chi connectivity index (χ4n) is 2.30. The summed E-state index contributed by atoms with van der Waals surface area (Å²) in [5.41, 5.74) is 2.05. The highest BCUT2D eigenvalue weighted by Crippen LogP contribution is 2.28. The molecule has 0 aliphatic carbocycles. The zero-order chi connectivity index (χ0) is 12.9. The van der Waals surface area contributed by atoms with E-state index in [9.17, 15) is 0 Å². The van der Waals surface area contributed by atoms with E-state index < -0.39 is 0 Å². The third-order valence-corrected chi connectivity index (χ3v) is 3.31. The molecule has 2 aromatic rings. The van der Waals surface area contributed by atoms with Gasteiger partial charge in [0, 0.05) is 29.7 Å². The van der Waals surface area contributed by atoms with Gasteiger partial charge in [0.15, 0.2) is 0 Å². The molecule has 2 aromatic heterocycles. The Morgan fingerprint density at radius 3 is 2.74 bits per heavy atom. The first-order chi connectivity index (χ1) is 9.43. The van der Waals surface area contributed by atoms with E-state index in [4.69, 9.17) is 4.74 Å². The monoisotopic (exact) mass is 255 g/mol. The highest BCUT2D eigenvalue weighted by Gasteiger charge is 2.17. The minimum absolute atomic E-state index is 0.256. The Bertz CT molecular complexity index is 524. The van der Waals surface area contributed by atoms with Crippen LogP contribution in [0, 0.1) is 0 Å². The number of piperidine rings is 1. The first kappa shape index (κ1) is 12.1. The highest BCUT2D eigenvalue weighted by molar-refractivity contribution is 5.67. The fraction of sp³-hybridized carbons (Fsp3) is 0.333. The topological polar surface area (TPSA) is 47.0 Å². The second kappa shape index (κ2) is 5.80. The molecule has 1 saturated heterocycles. The van der Waals surface area contributed by atoms with Crippen LogP contribution in [0.25, 0.3) is 11.1 Å². The van der Waals surface area contributed by atoms with Gasteiger partial charge in [-0.05, 0) is 44.1 Å². The molecule has 0 amide bonds. The molecule has 1 aliphatic rings. The first-order valence-electron chi connectivity index (χ1n) is 6.66. The Morgan fingerprint density at radius 2 is 1.95 bits per heavy atom. The van der Waals surface area contributed by atoms with Crippen LogP contribution in [0.15, 0.2) is 42.9 Å². The first-order valence-corrected chi connectivity index (χ1v) is 6.66. The molecule has 0 saturated carbocycles. The van der Waals surface area contributed by atoms with E-state index in [2.05, 4.69) is 15.3 Å². The quantitative estimate of drug-likeness (QED) is 0.914. The average Bonchev–Trinajstić information content (AvgIpc) is 2.50. The van der Waals surface area contributed by atoms with E-state index in [1.807, 2.05) is 30.5 Å². The molecule has 1 N–H and O–H groups in total. The maximum atomic E-state index is 6.06. The van der Waals surface area contributed by atoms with Crippen LogP contribution in [0.5, 0.6) is 5.88 Å². The van der Waals surface area contributed by atoms with Crippen LogP contribution >= 0.6 is 0 Å². The minimum atomic E-state index is 0.256. The summed E-state index contributed by atoms with van der Waals surface area (Å²) in [5.74, 6) is 0.711. The summed E-state index contributed by atoms with van der Waals surface area (Å²) in [6.45, 7) is 2.03. The van der Waals surface area contributed by atoms with Crippen molar-refractivity contribution >= 4 is 0 Å². The maximum absolute atomic E-state index is 6.06. The van der Waals surface area contributed by atoms with Gasteiger partial charge in [-0.3, -0.25) is 4.98 Å². The van der Waals surface area contributed by atoms with Crippen LogP contribution in [-0.4, -0.2) is 29.2 Å². The number of hydrogen-bond donors (Lipinski definition) is 1. The van der Waals surface area contributed by atoms with Gasteiger partial charge in [-0.25, -0.2) is 4.98 Å². The number of nitrogens with one attached hydrogen (secondary N) is 1. The van der Waals surface area contributed by atoms with Gasteiger partial charge in [0.05, 0.1) is 0 Å². The van der Waals surface area contributed by atoms with Crippen LogP contribution < -0.4 is 10.1 Å². The molecule has 3 heterocycles. The lowest BCUT2D eigenvalue weighted by Gasteiger charge is -2.24. The Labute approximate surface area is 112 Å². The largest absolute Gasteiger partial charge is 0.474 e. The zero-order valence-electron chi connectivity index (χ0n) is 10.7. The smallest absolute Gasteiger partial charge is 0.221 e. The van der Waals surface area contributed by atoms with Gasteiger partial charge in [0.2, 0.25) is 5.88 Å². The van der Waals surface area contributed by atoms with Crippen LogP contribution in [0.4, 0.5) is 0 Å². The van der Waals surface area contributed by atoms with E-state index in [1.54, 1.807) is 12.4 Å². The summed E-state index contributed by atoms with van der Waals surface area (Å²) in [5, 5.41) is 3.34. The van der Waals surface area contributed by atoms with Crippen molar-refractivity contribution in [2.75, 3.05) is 13.1 Å². The SMILES string of the molecule is c1cncc(-c2cccnc2OC2CCNCC2)c1. The van der Waals surface area contributed by atoms with E-state index in [0.717, 1.165) is 37.1 Å². The molecule has 0 atom stereocenters. The number of rotatable bonds is 3. The summed E-state index contributed by atoms with van der Waals surface area (Å²) in [7, 11) is 0. The van der Waals surface area contributed by atoms with E-state index in [-0.39, 0.29) is 6.10 Å². The molecule has 4 heteroatoms. The predicted octanol–water partition coefficient (Wildman–Crippen LogP) is 2.27. The van der Waals surface area contributed by atoms with E-state index in [1.165, 1.54) is 0 Å². The summed E-state index contributed by atoms with van der Waals surface area (Å²) in [4.78, 5) is 8.53. The van der Waals surface area contributed by atoms with Crippen LogP contribution in [-0.2, 0) is 0 Å². The number of nitrogens with zero attached hydrogens (tertiary/aromatic N) is 2. The molecular formula is C15H17N3O. The summed E-state index contributed by atoms with van der Waals surface area (Å²) in [6.07, 6.45) is 7.70. The van der Waals surface area contributed by atoms with Crippen LogP contribution in [0.3, 0.4) is 0 Å². The molecule has 0 bridgehead atoms. The molecule has 98 valence electrons. The van der Waals surface area contributed by atoms with Gasteiger partial charge in [0.25, 0.3) is 0 Å². The number of ether oxygens (including phenoxy) is 1. The Balaban J connectivity index is 1.85. The number of pyridine rings is 2. The lowest BCUT2D eigenvalue weighted by atomic mass is 10.1. The number of hydrogen-bond acceptors (Lipinski definition) is 4. The molecule has 0 spiro atoms. The Morgan fingerprint density at radius 1 is 1.11 bits per heavy atom. The van der Waals surface area contributed by atoms with Crippen molar-refractivity contribution in [2.24, 2.45) is 0 Å². The van der Waals surface area contributed by atoms with Gasteiger partial charge in [-0.2, -0.15) is 0 Å². The molecule has 1 fully saturated rings. The second-order valence-electron chi connectivity index (χ2n) is 4.67. The molecule has 1 aliphatic heterocycles. The van der Waals surface area contributed by atoms with Crippen molar-refractivity contribution in [3.05, 3.63) is 42.9 Å². The van der Waals surface area contributed by atoms with Crippen LogP contribution in [0.2, 0.25) is 0 Å². The summed E-state index contributed by atoms with van der Waals surface area (Å²) < 4.78 is 6.06. The average molecular weight is 255 g/mol. The summed E-state index contributed by atoms with van der Waals surface area (Å²) >= 11 is 0. The maximum Gasteiger partial charge on any atom is 0.221 e. The van der Waals surface area contributed by atoms with Crippen LogP contribution in [0.1, 0.15) is 12.8 Å². The van der Waals surface area contributed by atoms with Gasteiger partial charge in [-0.1, -0.05) is 6.07 Å². The van der Waals surface area contributed by atoms with E-state index in [0.29, 0.717) is 5.88 Å². The van der Waals surface area contributed by atoms with Crippen molar-refractivity contribution < 1.29 is 4.74 Å². The lowest BCUT2D eigenvalue weighted by molar-refractivity contribution is 0.157. The normalized spacial score (nSPS) is 16.2. The third-order valence-electron chi connectivity index (χ3n) is 3.31. The standard InChI is InChI=1S/C15H17N3O/c1-3-12(11-17-7-1)14-4-2-8-18-15(14)19-13-5-9-16-10-6-13/h1-4,7-8,11,13,16H,5-6,9-10H2. The fourth-order valence-corrected chi connectivity index (χ4v) is 2.30. The molecule has 19 heavy (non-hydrogen) atoms. The van der Waals surface area contributed by atoms with E-state index >= 15 is 0 Å². The third kappa shape index (κ3) is 2.90. The van der Waals surface area contributed by atoms with Gasteiger partial charge < -0.3 is 10.1 Å². The van der Waals surface area contributed by atoms with Gasteiger partial charge in [-0.15, -0.1) is 0 Å². The number of aromatic nitrogens is 2. The van der Waals surface area contributed by atoms with Crippen molar-refractivity contribution in [3.8, 4) is 17.0 Å². The Hall–Kier alpha value is -1.94. The zero-order valence-corrected chi connectivity index (χ0v) is 10.7.